The molecule has 6 nitrogen and oxygen atoms in total. The maximum atomic E-state index is 13.2. The van der Waals surface area contributed by atoms with Gasteiger partial charge < -0.3 is 20.9 Å². The van der Waals surface area contributed by atoms with Crippen LogP contribution in [0.25, 0.3) is 0 Å². The third kappa shape index (κ3) is 6.54. The molecule has 1 saturated heterocycles. The van der Waals surface area contributed by atoms with Gasteiger partial charge in [0.05, 0.1) is 6.04 Å². The molecule has 0 aromatic heterocycles. The Balaban J connectivity index is 1.52. The standard InChI is InChI=1S/C24H38N4O2/c1-18(25-2)23(29)27-22(20-11-7-4-8-12-20)24(30)26-21-14-16-28(17-21)15-13-19-9-5-3-6-10-19/h3,5-6,9-10,18,20-22,25H,4,7-8,11-17H2,1-2H3,(H,26,30)(H,27,29)/t18-,21-,22-/m0/s1. The van der Waals surface area contributed by atoms with Crippen LogP contribution in [-0.2, 0) is 16.0 Å². The zero-order valence-corrected chi connectivity index (χ0v) is 18.5. The average molecular weight is 415 g/mol. The Morgan fingerprint density at radius 3 is 2.50 bits per heavy atom. The van der Waals surface area contributed by atoms with Gasteiger partial charge in [0.1, 0.15) is 6.04 Å². The Labute approximate surface area is 181 Å². The van der Waals surface area contributed by atoms with E-state index in [1.54, 1.807) is 7.05 Å². The number of hydrogen-bond donors (Lipinski definition) is 3. The van der Waals surface area contributed by atoms with Gasteiger partial charge in [-0.05, 0) is 51.1 Å². The van der Waals surface area contributed by atoms with Crippen molar-refractivity contribution >= 4 is 11.8 Å². The highest BCUT2D eigenvalue weighted by Gasteiger charge is 2.34. The summed E-state index contributed by atoms with van der Waals surface area (Å²) in [6, 6.07) is 9.98. The van der Waals surface area contributed by atoms with Crippen LogP contribution in [0.3, 0.4) is 0 Å². The molecule has 3 rings (SSSR count). The van der Waals surface area contributed by atoms with E-state index < -0.39 is 6.04 Å². The predicted molar refractivity (Wildman–Crippen MR) is 120 cm³/mol. The summed E-state index contributed by atoms with van der Waals surface area (Å²) in [6.07, 6.45) is 7.54. The number of rotatable bonds is 9. The summed E-state index contributed by atoms with van der Waals surface area (Å²) in [5.41, 5.74) is 1.35. The van der Waals surface area contributed by atoms with Crippen LogP contribution in [-0.4, -0.2) is 61.5 Å². The Morgan fingerprint density at radius 1 is 1.07 bits per heavy atom. The smallest absolute Gasteiger partial charge is 0.243 e. The molecular formula is C24H38N4O2. The fourth-order valence-electron chi connectivity index (χ4n) is 4.65. The number of nitrogens with zero attached hydrogens (tertiary/aromatic N) is 1. The Bertz CT molecular complexity index is 675. The number of benzene rings is 1. The van der Waals surface area contributed by atoms with Crippen LogP contribution in [0.1, 0.15) is 51.0 Å². The van der Waals surface area contributed by atoms with E-state index in [2.05, 4.69) is 45.1 Å². The molecule has 3 N–H and O–H groups in total. The second kappa shape index (κ2) is 11.5. The summed E-state index contributed by atoms with van der Waals surface area (Å²) in [5.74, 6) is 0.134. The summed E-state index contributed by atoms with van der Waals surface area (Å²) in [6.45, 7) is 4.73. The van der Waals surface area contributed by atoms with Gasteiger partial charge in [-0.3, -0.25) is 9.59 Å². The normalized spacial score (nSPS) is 22.4. The summed E-state index contributed by atoms with van der Waals surface area (Å²) in [4.78, 5) is 28.1. The van der Waals surface area contributed by atoms with Crippen LogP contribution < -0.4 is 16.0 Å². The van der Waals surface area contributed by atoms with E-state index >= 15 is 0 Å². The van der Waals surface area contributed by atoms with Gasteiger partial charge in [0.25, 0.3) is 0 Å². The first kappa shape index (κ1) is 22.8. The second-order valence-corrected chi connectivity index (χ2v) is 8.93. The van der Waals surface area contributed by atoms with E-state index in [-0.39, 0.29) is 29.8 Å². The van der Waals surface area contributed by atoms with Crippen molar-refractivity contribution in [2.45, 2.75) is 70.0 Å². The fraction of sp³-hybridized carbons (Fsp3) is 0.667. The molecule has 1 heterocycles. The van der Waals surface area contributed by atoms with Crippen molar-refractivity contribution in [3.8, 4) is 0 Å². The molecule has 1 aromatic rings. The molecule has 2 fully saturated rings. The molecule has 0 unspecified atom stereocenters. The lowest BCUT2D eigenvalue weighted by Gasteiger charge is -2.31. The topological polar surface area (TPSA) is 73.5 Å². The van der Waals surface area contributed by atoms with Gasteiger partial charge in [-0.25, -0.2) is 0 Å². The van der Waals surface area contributed by atoms with E-state index in [1.807, 2.05) is 13.0 Å². The van der Waals surface area contributed by atoms with Crippen molar-refractivity contribution in [1.82, 2.24) is 20.9 Å². The van der Waals surface area contributed by atoms with Crippen LogP contribution in [0.4, 0.5) is 0 Å². The summed E-state index contributed by atoms with van der Waals surface area (Å²) >= 11 is 0. The van der Waals surface area contributed by atoms with Crippen molar-refractivity contribution in [3.63, 3.8) is 0 Å². The van der Waals surface area contributed by atoms with Crippen molar-refractivity contribution < 1.29 is 9.59 Å². The number of hydrogen-bond acceptors (Lipinski definition) is 4. The quantitative estimate of drug-likeness (QED) is 0.579. The molecule has 2 aliphatic rings. The Kier molecular flexibility index (Phi) is 8.70. The summed E-state index contributed by atoms with van der Waals surface area (Å²) in [7, 11) is 1.77. The number of amides is 2. The molecule has 3 atom stereocenters. The van der Waals surface area contributed by atoms with Gasteiger partial charge in [-0.1, -0.05) is 49.6 Å². The predicted octanol–water partition coefficient (Wildman–Crippen LogP) is 2.09. The molecule has 6 heteroatoms. The minimum atomic E-state index is -0.424. The number of likely N-dealkylation sites (tertiary alicyclic amines) is 1. The van der Waals surface area contributed by atoms with Gasteiger partial charge in [-0.2, -0.15) is 0 Å². The van der Waals surface area contributed by atoms with Crippen molar-refractivity contribution in [2.75, 3.05) is 26.7 Å². The van der Waals surface area contributed by atoms with Crippen LogP contribution in [0.15, 0.2) is 30.3 Å². The molecule has 0 radical (unpaired) electrons. The maximum absolute atomic E-state index is 13.2. The monoisotopic (exact) mass is 414 g/mol. The molecule has 0 bridgehead atoms. The zero-order chi connectivity index (χ0) is 21.3. The minimum Gasteiger partial charge on any atom is -0.350 e. The van der Waals surface area contributed by atoms with Crippen LogP contribution in [0.5, 0.6) is 0 Å². The lowest BCUT2D eigenvalue weighted by Crippen LogP contribution is -2.56. The molecule has 1 aliphatic heterocycles. The van der Waals surface area contributed by atoms with Crippen molar-refractivity contribution in [2.24, 2.45) is 5.92 Å². The van der Waals surface area contributed by atoms with Gasteiger partial charge in [-0.15, -0.1) is 0 Å². The van der Waals surface area contributed by atoms with Gasteiger partial charge >= 0.3 is 0 Å². The first-order valence-electron chi connectivity index (χ1n) is 11.6. The number of nitrogens with one attached hydrogen (secondary N) is 3. The third-order valence-electron chi connectivity index (χ3n) is 6.71. The molecule has 30 heavy (non-hydrogen) atoms. The average Bonchev–Trinajstić information content (AvgIpc) is 3.23. The number of carbonyl (C=O) groups is 2. The third-order valence-corrected chi connectivity index (χ3v) is 6.71. The fourth-order valence-corrected chi connectivity index (χ4v) is 4.65. The molecule has 0 spiro atoms. The van der Waals surface area contributed by atoms with Gasteiger partial charge in [0.2, 0.25) is 11.8 Å². The number of carbonyl (C=O) groups excluding carboxylic acids is 2. The highest BCUT2D eigenvalue weighted by Crippen LogP contribution is 2.27. The van der Waals surface area contributed by atoms with Crippen molar-refractivity contribution in [1.29, 1.82) is 0 Å². The highest BCUT2D eigenvalue weighted by atomic mass is 16.2. The largest absolute Gasteiger partial charge is 0.350 e. The first-order chi connectivity index (χ1) is 14.6. The van der Waals surface area contributed by atoms with E-state index in [9.17, 15) is 9.59 Å². The Morgan fingerprint density at radius 2 is 1.80 bits per heavy atom. The Hall–Kier alpha value is -1.92. The summed E-state index contributed by atoms with van der Waals surface area (Å²) < 4.78 is 0. The molecule has 166 valence electrons. The molecule has 1 aliphatic carbocycles. The molecule has 1 aromatic carbocycles. The van der Waals surface area contributed by atoms with Crippen LogP contribution in [0, 0.1) is 5.92 Å². The van der Waals surface area contributed by atoms with E-state index in [0.717, 1.165) is 58.2 Å². The lowest BCUT2D eigenvalue weighted by atomic mass is 9.83. The minimum absolute atomic E-state index is 0.00605. The van der Waals surface area contributed by atoms with E-state index in [0.29, 0.717) is 0 Å². The van der Waals surface area contributed by atoms with Gasteiger partial charge in [0.15, 0.2) is 0 Å². The molecule has 1 saturated carbocycles. The SMILES string of the molecule is CN[C@@H](C)C(=O)N[C@H](C(=O)N[C@H]1CCN(CCc2ccccc2)C1)C1CCCCC1. The zero-order valence-electron chi connectivity index (χ0n) is 18.5. The lowest BCUT2D eigenvalue weighted by molar-refractivity contribution is -0.131. The van der Waals surface area contributed by atoms with Crippen LogP contribution >= 0.6 is 0 Å². The first-order valence-corrected chi connectivity index (χ1v) is 11.6. The van der Waals surface area contributed by atoms with Crippen molar-refractivity contribution in [3.05, 3.63) is 35.9 Å². The van der Waals surface area contributed by atoms with Crippen LogP contribution in [0.2, 0.25) is 0 Å². The maximum Gasteiger partial charge on any atom is 0.243 e. The number of likely N-dealkylation sites (N-methyl/N-ethyl adjacent to an activating group) is 1. The van der Waals surface area contributed by atoms with Gasteiger partial charge in [0, 0.05) is 25.7 Å². The second-order valence-electron chi connectivity index (χ2n) is 8.93. The molecular weight excluding hydrogens is 376 g/mol. The van der Waals surface area contributed by atoms with E-state index in [1.165, 1.54) is 12.0 Å². The molecule has 2 amide bonds. The summed E-state index contributed by atoms with van der Waals surface area (Å²) in [5, 5.41) is 9.26. The van der Waals surface area contributed by atoms with E-state index in [4.69, 9.17) is 0 Å². The highest BCUT2D eigenvalue weighted by molar-refractivity contribution is 5.90.